The van der Waals surface area contributed by atoms with Crippen LogP contribution in [0.5, 0.6) is 0 Å². The molecule has 2 aromatic rings. The van der Waals surface area contributed by atoms with E-state index in [2.05, 4.69) is 5.32 Å². The van der Waals surface area contributed by atoms with E-state index < -0.39 is 28.0 Å². The molecule has 1 atom stereocenters. The van der Waals surface area contributed by atoms with Gasteiger partial charge in [0.2, 0.25) is 10.0 Å². The van der Waals surface area contributed by atoms with Crippen molar-refractivity contribution in [3.05, 3.63) is 46.7 Å². The molecule has 0 saturated heterocycles. The quantitative estimate of drug-likeness (QED) is 0.773. The van der Waals surface area contributed by atoms with Gasteiger partial charge in [-0.3, -0.25) is 4.79 Å². The molecule has 1 aromatic carbocycles. The summed E-state index contributed by atoms with van der Waals surface area (Å²) in [5.41, 5.74) is 0.298. The van der Waals surface area contributed by atoms with Crippen LogP contribution < -0.4 is 5.32 Å². The molecule has 0 spiro atoms. The zero-order chi connectivity index (χ0) is 18.6. The zero-order valence-corrected chi connectivity index (χ0v) is 15.6. The van der Waals surface area contributed by atoms with Crippen LogP contribution in [0.3, 0.4) is 0 Å². The lowest BCUT2D eigenvalue weighted by Crippen LogP contribution is -2.30. The van der Waals surface area contributed by atoms with E-state index in [4.69, 9.17) is 4.74 Å². The number of sulfonamides is 1. The lowest BCUT2D eigenvalue weighted by Gasteiger charge is -2.15. The molecular weight excluding hydrogens is 364 g/mol. The van der Waals surface area contributed by atoms with Crippen LogP contribution >= 0.6 is 11.3 Å². The lowest BCUT2D eigenvalue weighted by atomic mass is 10.3. The van der Waals surface area contributed by atoms with Gasteiger partial charge in [0.25, 0.3) is 5.91 Å². The lowest BCUT2D eigenvalue weighted by molar-refractivity contribution is -0.123. The number of hydrogen-bond donors (Lipinski definition) is 1. The van der Waals surface area contributed by atoms with Gasteiger partial charge in [-0.15, -0.1) is 11.3 Å². The minimum atomic E-state index is -3.61. The normalized spacial score (nSPS) is 12.6. The molecule has 9 heteroatoms. The van der Waals surface area contributed by atoms with Crippen molar-refractivity contribution in [1.29, 1.82) is 0 Å². The van der Waals surface area contributed by atoms with Gasteiger partial charge in [-0.2, -0.15) is 0 Å². The molecule has 2 rings (SSSR count). The predicted molar refractivity (Wildman–Crippen MR) is 95.1 cm³/mol. The maximum absolute atomic E-state index is 12.2. The van der Waals surface area contributed by atoms with E-state index in [0.717, 1.165) is 4.31 Å². The van der Waals surface area contributed by atoms with Crippen LogP contribution in [0.1, 0.15) is 16.6 Å². The maximum Gasteiger partial charge on any atom is 0.349 e. The van der Waals surface area contributed by atoms with Crippen LogP contribution in [0.2, 0.25) is 0 Å². The number of rotatable bonds is 6. The van der Waals surface area contributed by atoms with E-state index in [0.29, 0.717) is 10.6 Å². The number of amides is 1. The van der Waals surface area contributed by atoms with Gasteiger partial charge in [-0.1, -0.05) is 12.1 Å². The highest BCUT2D eigenvalue weighted by Crippen LogP contribution is 2.18. The largest absolute Gasteiger partial charge is 0.448 e. The third-order valence-electron chi connectivity index (χ3n) is 3.26. The fourth-order valence-electron chi connectivity index (χ4n) is 1.86. The summed E-state index contributed by atoms with van der Waals surface area (Å²) in [6.07, 6.45) is -1.02. The Morgan fingerprint density at radius 3 is 2.52 bits per heavy atom. The summed E-state index contributed by atoms with van der Waals surface area (Å²) in [4.78, 5) is 24.5. The molecule has 0 unspecified atom stereocenters. The van der Waals surface area contributed by atoms with Crippen molar-refractivity contribution in [1.82, 2.24) is 4.31 Å². The zero-order valence-electron chi connectivity index (χ0n) is 13.9. The second-order valence-electron chi connectivity index (χ2n) is 5.33. The van der Waals surface area contributed by atoms with Crippen molar-refractivity contribution in [3.8, 4) is 0 Å². The first kappa shape index (κ1) is 19.1. The van der Waals surface area contributed by atoms with Gasteiger partial charge in [0.1, 0.15) is 4.88 Å². The molecule has 134 valence electrons. The summed E-state index contributed by atoms with van der Waals surface area (Å²) < 4.78 is 30.4. The van der Waals surface area contributed by atoms with Crippen molar-refractivity contribution < 1.29 is 22.7 Å². The third kappa shape index (κ3) is 4.65. The Kier molecular flexibility index (Phi) is 5.93. The average molecular weight is 382 g/mol. The van der Waals surface area contributed by atoms with E-state index in [-0.39, 0.29) is 4.90 Å². The molecule has 1 N–H and O–H groups in total. The molecule has 0 fully saturated rings. The molecule has 1 amide bonds. The molecule has 0 aliphatic heterocycles. The Labute approximate surface area is 150 Å². The predicted octanol–water partition coefficient (Wildman–Crippen LogP) is 2.18. The summed E-state index contributed by atoms with van der Waals surface area (Å²) in [6, 6.07) is 9.18. The number of ether oxygens (including phenoxy) is 1. The Bertz CT molecular complexity index is 860. The van der Waals surface area contributed by atoms with Gasteiger partial charge in [0.05, 0.1) is 4.90 Å². The van der Waals surface area contributed by atoms with Crippen molar-refractivity contribution >= 4 is 38.9 Å². The van der Waals surface area contributed by atoms with E-state index in [1.807, 2.05) is 0 Å². The number of thiophene rings is 1. The molecule has 0 aliphatic rings. The summed E-state index contributed by atoms with van der Waals surface area (Å²) >= 11 is 1.22. The molecule has 0 radical (unpaired) electrons. The van der Waals surface area contributed by atoms with Gasteiger partial charge in [-0.25, -0.2) is 17.5 Å². The molecule has 7 nitrogen and oxygen atoms in total. The fraction of sp³-hybridized carbons (Fsp3) is 0.250. The average Bonchev–Trinajstić information content (AvgIpc) is 3.09. The number of nitrogens with zero attached hydrogens (tertiary/aromatic N) is 1. The monoisotopic (exact) mass is 382 g/mol. The second-order valence-corrected chi connectivity index (χ2v) is 8.43. The number of anilines is 1. The van der Waals surface area contributed by atoms with E-state index in [1.165, 1.54) is 50.6 Å². The summed E-state index contributed by atoms with van der Waals surface area (Å²) in [6.45, 7) is 1.45. The standard InChI is InChI=1S/C16H18N2O5S2/c1-11(23-16(20)14-8-5-9-24-14)15(19)17-12-6-4-7-13(10-12)25(21,22)18(2)3/h4-11H,1-3H3,(H,17,19)/t11-/m0/s1. The van der Waals surface area contributed by atoms with Crippen LogP contribution in [0.25, 0.3) is 0 Å². The highest BCUT2D eigenvalue weighted by Gasteiger charge is 2.21. The topological polar surface area (TPSA) is 92.8 Å². The molecule has 0 aliphatic carbocycles. The van der Waals surface area contributed by atoms with Crippen molar-refractivity contribution in [2.75, 3.05) is 19.4 Å². The van der Waals surface area contributed by atoms with Crippen LogP contribution in [-0.4, -0.2) is 44.8 Å². The Balaban J connectivity index is 2.06. The number of carbonyl (C=O) groups is 2. The van der Waals surface area contributed by atoms with Crippen molar-refractivity contribution in [2.45, 2.75) is 17.9 Å². The van der Waals surface area contributed by atoms with Gasteiger partial charge in [0.15, 0.2) is 6.10 Å². The minimum Gasteiger partial charge on any atom is -0.448 e. The number of carbonyl (C=O) groups excluding carboxylic acids is 2. The minimum absolute atomic E-state index is 0.0542. The first-order chi connectivity index (χ1) is 11.7. The Hall–Kier alpha value is -2.23. The Morgan fingerprint density at radius 1 is 1.20 bits per heavy atom. The van der Waals surface area contributed by atoms with Gasteiger partial charge >= 0.3 is 5.97 Å². The highest BCUT2D eigenvalue weighted by atomic mass is 32.2. The smallest absolute Gasteiger partial charge is 0.349 e. The SMILES string of the molecule is C[C@H](OC(=O)c1cccs1)C(=O)Nc1cccc(S(=O)(=O)N(C)C)c1. The number of nitrogens with one attached hydrogen (secondary N) is 1. The summed E-state index contributed by atoms with van der Waals surface area (Å²) in [7, 11) is -0.759. The van der Waals surface area contributed by atoms with Crippen LogP contribution in [0, 0.1) is 0 Å². The first-order valence-electron chi connectivity index (χ1n) is 7.30. The van der Waals surface area contributed by atoms with E-state index in [9.17, 15) is 18.0 Å². The molecule has 0 bridgehead atoms. The highest BCUT2D eigenvalue weighted by molar-refractivity contribution is 7.89. The van der Waals surface area contributed by atoms with Crippen LogP contribution in [0.15, 0.2) is 46.7 Å². The summed E-state index contributed by atoms with van der Waals surface area (Å²) in [5, 5.41) is 4.28. The van der Waals surface area contributed by atoms with Crippen molar-refractivity contribution in [2.24, 2.45) is 0 Å². The van der Waals surface area contributed by atoms with Crippen molar-refractivity contribution in [3.63, 3.8) is 0 Å². The van der Waals surface area contributed by atoms with Crippen LogP contribution in [-0.2, 0) is 19.6 Å². The van der Waals surface area contributed by atoms with Gasteiger partial charge in [-0.05, 0) is 36.6 Å². The number of hydrogen-bond acceptors (Lipinski definition) is 6. The first-order valence-corrected chi connectivity index (χ1v) is 9.61. The Morgan fingerprint density at radius 2 is 1.92 bits per heavy atom. The molecule has 0 saturated carbocycles. The third-order valence-corrected chi connectivity index (χ3v) is 5.92. The molecule has 1 aromatic heterocycles. The van der Waals surface area contributed by atoms with E-state index in [1.54, 1.807) is 23.6 Å². The second kappa shape index (κ2) is 7.77. The molecule has 25 heavy (non-hydrogen) atoms. The fourth-order valence-corrected chi connectivity index (χ4v) is 3.41. The van der Waals surface area contributed by atoms with Crippen LogP contribution in [0.4, 0.5) is 5.69 Å². The number of esters is 1. The molecule has 1 heterocycles. The van der Waals surface area contributed by atoms with Gasteiger partial charge in [0, 0.05) is 19.8 Å². The number of benzene rings is 1. The molecular formula is C16H18N2O5S2. The maximum atomic E-state index is 12.2. The summed E-state index contributed by atoms with van der Waals surface area (Å²) in [5.74, 6) is -1.13. The van der Waals surface area contributed by atoms with E-state index >= 15 is 0 Å². The van der Waals surface area contributed by atoms with Gasteiger partial charge < -0.3 is 10.1 Å².